The minimum atomic E-state index is -2.13. The fraction of sp³-hybridized carbons (Fsp3) is 0.323. The Morgan fingerprint density at radius 3 is 2.49 bits per heavy atom. The van der Waals surface area contributed by atoms with E-state index in [1.807, 2.05) is 5.32 Å². The number of amides is 4. The van der Waals surface area contributed by atoms with Gasteiger partial charge in [-0.15, -0.1) is 11.3 Å². The number of azide groups is 1. The van der Waals surface area contributed by atoms with Gasteiger partial charge in [0.25, 0.3) is 5.91 Å². The van der Waals surface area contributed by atoms with E-state index in [4.69, 9.17) is 25.5 Å². The Morgan fingerprint density at radius 1 is 1.16 bits per heavy atom. The maximum absolute atomic E-state index is 16.0. The largest absolute Gasteiger partial charge is 0.465 e. The molecule has 3 atom stereocenters. The van der Waals surface area contributed by atoms with Crippen LogP contribution in [0.25, 0.3) is 10.4 Å². The highest BCUT2D eigenvalue weighted by atomic mass is 32.1. The van der Waals surface area contributed by atoms with Crippen molar-refractivity contribution in [2.24, 2.45) is 5.11 Å². The molecule has 2 heterocycles. The molecule has 0 aliphatic carbocycles. The first-order valence-corrected chi connectivity index (χ1v) is 15.6. The molecule has 258 valence electrons. The second-order valence-corrected chi connectivity index (χ2v) is 11.9. The van der Waals surface area contributed by atoms with Crippen LogP contribution in [-0.4, -0.2) is 84.2 Å². The normalized spacial score (nSPS) is 17.4. The maximum Gasteiger partial charge on any atom is 0.410 e. The SMILES string of the molecule is C[C@@H](NC(=O)[C@@H]1C[C@](F)(COCCN=[N+]=[N-])CN1C(=O)CNC(=O)c1ccc(Oc2ccc(F)cc2)cc1)c1cc(C(=N)NC(=O)O)cs1. The van der Waals surface area contributed by atoms with Crippen molar-refractivity contribution in [3.05, 3.63) is 92.2 Å². The van der Waals surface area contributed by atoms with Crippen LogP contribution in [0.15, 0.2) is 65.1 Å². The number of ether oxygens (including phenoxy) is 2. The van der Waals surface area contributed by atoms with E-state index in [1.54, 1.807) is 6.92 Å². The number of carboxylic acid groups (broad SMARTS) is 1. The Morgan fingerprint density at radius 2 is 1.84 bits per heavy atom. The molecule has 0 unspecified atom stereocenters. The second-order valence-electron chi connectivity index (χ2n) is 10.9. The standard InChI is InChI=1S/C31H32F2N8O7S/c1-18(25-12-20(15-49-25)27(34)39-30(45)46)38-29(44)24-13-31(33,17-47-11-10-37-40-35)16-41(24)26(42)14-36-28(43)19-2-6-22(7-3-19)48-23-8-4-21(32)5-9-23/h2-9,12,15,18,24H,10-11,13-14,16-17H2,1H3,(H2,34,39)(H,36,43)(H,38,44)(H,45,46)/t18-,24+,31-/m1/s1. The van der Waals surface area contributed by atoms with Gasteiger partial charge < -0.3 is 30.1 Å². The van der Waals surface area contributed by atoms with Crippen LogP contribution in [0.4, 0.5) is 13.6 Å². The summed E-state index contributed by atoms with van der Waals surface area (Å²) in [6.45, 7) is -0.0134. The van der Waals surface area contributed by atoms with Crippen molar-refractivity contribution in [2.45, 2.75) is 31.1 Å². The quantitative estimate of drug-likeness (QED) is 0.0404. The molecule has 0 radical (unpaired) electrons. The topological polar surface area (TPSA) is 219 Å². The number of nitrogens with zero attached hydrogens (tertiary/aromatic N) is 4. The number of alkyl halides is 1. The lowest BCUT2D eigenvalue weighted by molar-refractivity contribution is -0.138. The number of benzene rings is 2. The van der Waals surface area contributed by atoms with Gasteiger partial charge in [-0.3, -0.25) is 25.1 Å². The van der Waals surface area contributed by atoms with E-state index >= 15 is 4.39 Å². The molecule has 0 bridgehead atoms. The van der Waals surface area contributed by atoms with Crippen LogP contribution < -0.4 is 20.7 Å². The summed E-state index contributed by atoms with van der Waals surface area (Å²) >= 11 is 1.17. The average molecular weight is 699 g/mol. The minimum absolute atomic E-state index is 0.0374. The fourth-order valence-corrected chi connectivity index (χ4v) is 5.79. The monoisotopic (exact) mass is 698 g/mol. The molecule has 5 N–H and O–H groups in total. The van der Waals surface area contributed by atoms with E-state index in [-0.39, 0.29) is 30.1 Å². The lowest BCUT2D eigenvalue weighted by atomic mass is 10.0. The summed E-state index contributed by atoms with van der Waals surface area (Å²) < 4.78 is 40.1. The van der Waals surface area contributed by atoms with Crippen molar-refractivity contribution in [1.29, 1.82) is 5.41 Å². The Kier molecular flexibility index (Phi) is 12.2. The van der Waals surface area contributed by atoms with Crippen molar-refractivity contribution in [3.63, 3.8) is 0 Å². The van der Waals surface area contributed by atoms with Crippen molar-refractivity contribution >= 4 is 41.0 Å². The van der Waals surface area contributed by atoms with E-state index in [1.165, 1.54) is 71.3 Å². The second kappa shape index (κ2) is 16.5. The molecule has 4 rings (SSSR count). The lowest BCUT2D eigenvalue weighted by Gasteiger charge is -2.25. The Labute approximate surface area is 282 Å². The number of hydrogen-bond acceptors (Lipinski definition) is 9. The van der Waals surface area contributed by atoms with Gasteiger partial charge in [-0.2, -0.15) is 0 Å². The fourth-order valence-electron chi connectivity index (χ4n) is 4.89. The molecule has 2 aromatic carbocycles. The van der Waals surface area contributed by atoms with E-state index < -0.39 is 73.5 Å². The first kappa shape index (κ1) is 36.3. The molecule has 1 aliphatic heterocycles. The zero-order valence-corrected chi connectivity index (χ0v) is 26.8. The third-order valence-corrected chi connectivity index (χ3v) is 8.38. The summed E-state index contributed by atoms with van der Waals surface area (Å²) in [5.74, 6) is -2.00. The van der Waals surface area contributed by atoms with Gasteiger partial charge >= 0.3 is 6.09 Å². The van der Waals surface area contributed by atoms with Gasteiger partial charge in [0.15, 0.2) is 5.67 Å². The highest BCUT2D eigenvalue weighted by Gasteiger charge is 2.49. The van der Waals surface area contributed by atoms with Crippen LogP contribution in [0.1, 0.15) is 40.2 Å². The van der Waals surface area contributed by atoms with Gasteiger partial charge in [0.2, 0.25) is 11.8 Å². The van der Waals surface area contributed by atoms with E-state index in [0.717, 1.165) is 4.90 Å². The smallest absolute Gasteiger partial charge is 0.410 e. The molecule has 18 heteroatoms. The molecule has 3 aromatic rings. The number of likely N-dealkylation sites (tertiary alicyclic amines) is 1. The van der Waals surface area contributed by atoms with Gasteiger partial charge in [0.05, 0.1) is 32.3 Å². The summed E-state index contributed by atoms with van der Waals surface area (Å²) in [6.07, 6.45) is -1.81. The first-order chi connectivity index (χ1) is 23.4. The zero-order chi connectivity index (χ0) is 35.6. The van der Waals surface area contributed by atoms with Crippen LogP contribution in [-0.2, 0) is 14.3 Å². The van der Waals surface area contributed by atoms with Crippen LogP contribution in [0.3, 0.4) is 0 Å². The minimum Gasteiger partial charge on any atom is -0.465 e. The Balaban J connectivity index is 1.40. The van der Waals surface area contributed by atoms with E-state index in [0.29, 0.717) is 16.4 Å². The van der Waals surface area contributed by atoms with Gasteiger partial charge in [0.1, 0.15) is 29.2 Å². The predicted molar refractivity (Wildman–Crippen MR) is 173 cm³/mol. The van der Waals surface area contributed by atoms with Crippen molar-refractivity contribution in [2.75, 3.05) is 32.8 Å². The predicted octanol–water partition coefficient (Wildman–Crippen LogP) is 4.52. The third kappa shape index (κ3) is 10.2. The summed E-state index contributed by atoms with van der Waals surface area (Å²) in [5, 5.41) is 28.7. The number of carbonyl (C=O) groups excluding carboxylic acids is 3. The van der Waals surface area contributed by atoms with Crippen molar-refractivity contribution < 1.29 is 42.5 Å². The summed E-state index contributed by atoms with van der Waals surface area (Å²) in [4.78, 5) is 54.7. The molecule has 1 fully saturated rings. The first-order valence-electron chi connectivity index (χ1n) is 14.7. The summed E-state index contributed by atoms with van der Waals surface area (Å²) in [6, 6.07) is 10.9. The maximum atomic E-state index is 16.0. The zero-order valence-electron chi connectivity index (χ0n) is 26.0. The summed E-state index contributed by atoms with van der Waals surface area (Å²) in [5.41, 5.74) is 6.78. The van der Waals surface area contributed by atoms with Crippen LogP contribution in [0.2, 0.25) is 0 Å². The highest BCUT2D eigenvalue weighted by molar-refractivity contribution is 7.10. The average Bonchev–Trinajstić information content (AvgIpc) is 3.71. The van der Waals surface area contributed by atoms with E-state index in [9.17, 15) is 23.6 Å². The molecule has 0 saturated carbocycles. The van der Waals surface area contributed by atoms with Gasteiger partial charge in [0, 0.05) is 39.3 Å². The van der Waals surface area contributed by atoms with Gasteiger partial charge in [-0.25, -0.2) is 13.6 Å². The number of carbonyl (C=O) groups is 4. The number of nitrogens with one attached hydrogen (secondary N) is 4. The molecule has 1 aromatic heterocycles. The molecule has 49 heavy (non-hydrogen) atoms. The third-order valence-electron chi connectivity index (χ3n) is 7.26. The molecule has 15 nitrogen and oxygen atoms in total. The molecule has 0 spiro atoms. The number of rotatable bonds is 14. The number of amidine groups is 1. The lowest BCUT2D eigenvalue weighted by Crippen LogP contribution is -2.49. The number of thiophene rings is 1. The van der Waals surface area contributed by atoms with Crippen LogP contribution >= 0.6 is 11.3 Å². The van der Waals surface area contributed by atoms with Crippen LogP contribution in [0.5, 0.6) is 11.5 Å². The Hall–Kier alpha value is -5.58. The van der Waals surface area contributed by atoms with Crippen molar-refractivity contribution in [1.82, 2.24) is 20.9 Å². The molecular formula is C31H32F2N8O7S. The van der Waals surface area contributed by atoms with Gasteiger partial charge in [-0.1, -0.05) is 5.11 Å². The molecule has 4 amide bonds. The van der Waals surface area contributed by atoms with Crippen LogP contribution in [0, 0.1) is 11.2 Å². The number of hydrogen-bond donors (Lipinski definition) is 5. The van der Waals surface area contributed by atoms with Gasteiger partial charge in [-0.05, 0) is 67.1 Å². The molecule has 1 saturated heterocycles. The molecule has 1 aliphatic rings. The molecular weight excluding hydrogens is 666 g/mol. The Bertz CT molecular complexity index is 1730. The number of halogens is 2. The highest BCUT2D eigenvalue weighted by Crippen LogP contribution is 2.32. The van der Waals surface area contributed by atoms with Crippen molar-refractivity contribution in [3.8, 4) is 11.5 Å². The van der Waals surface area contributed by atoms with E-state index in [2.05, 4.69) is 20.7 Å². The summed E-state index contributed by atoms with van der Waals surface area (Å²) in [7, 11) is 0.